The molecule has 9 aromatic rings. The Kier molecular flexibility index (Phi) is 6.28. The average molecular weight is 624 g/mol. The highest BCUT2D eigenvalue weighted by atomic mass is 32.1. The number of thiophene rings is 1. The van der Waals surface area contributed by atoms with Crippen molar-refractivity contribution in [1.82, 2.24) is 0 Å². The van der Waals surface area contributed by atoms with Gasteiger partial charge in [-0.15, -0.1) is 11.3 Å². The van der Waals surface area contributed by atoms with Crippen molar-refractivity contribution < 1.29 is 4.42 Å². The minimum absolute atomic E-state index is 0.0454. The van der Waals surface area contributed by atoms with Crippen molar-refractivity contribution >= 4 is 81.3 Å². The highest BCUT2D eigenvalue weighted by Gasteiger charge is 2.25. The zero-order valence-electron chi connectivity index (χ0n) is 26.6. The molecule has 0 bridgehead atoms. The van der Waals surface area contributed by atoms with Crippen molar-refractivity contribution in [3.63, 3.8) is 0 Å². The third kappa shape index (κ3) is 4.45. The van der Waals surface area contributed by atoms with Crippen LogP contribution in [0.2, 0.25) is 0 Å². The highest BCUT2D eigenvalue weighted by Crippen LogP contribution is 2.49. The molecule has 2 heterocycles. The van der Waals surface area contributed by atoms with Gasteiger partial charge in [-0.05, 0) is 64.6 Å². The van der Waals surface area contributed by atoms with E-state index in [2.05, 4.69) is 171 Å². The predicted molar refractivity (Wildman–Crippen MR) is 203 cm³/mol. The fourth-order valence-corrected chi connectivity index (χ4v) is 8.35. The Labute approximate surface area is 278 Å². The highest BCUT2D eigenvalue weighted by molar-refractivity contribution is 7.26. The molecule has 0 aliphatic heterocycles. The van der Waals surface area contributed by atoms with Crippen molar-refractivity contribution in [2.75, 3.05) is 4.90 Å². The molecule has 9 rings (SSSR count). The summed E-state index contributed by atoms with van der Waals surface area (Å²) in [6.45, 7) is 6.85. The molecule has 226 valence electrons. The number of benzene rings is 7. The lowest BCUT2D eigenvalue weighted by atomic mass is 9.84. The molecule has 2 aromatic heterocycles. The summed E-state index contributed by atoms with van der Waals surface area (Å²) in [7, 11) is 0. The second kappa shape index (κ2) is 10.6. The first-order valence-electron chi connectivity index (χ1n) is 16.2. The minimum atomic E-state index is -0.0454. The van der Waals surface area contributed by atoms with Crippen LogP contribution in [-0.2, 0) is 5.41 Å². The van der Waals surface area contributed by atoms with Crippen LogP contribution in [0, 0.1) is 0 Å². The van der Waals surface area contributed by atoms with Crippen LogP contribution in [-0.4, -0.2) is 0 Å². The molecule has 3 heteroatoms. The molecule has 7 aromatic carbocycles. The van der Waals surface area contributed by atoms with Crippen molar-refractivity contribution in [3.8, 4) is 11.1 Å². The van der Waals surface area contributed by atoms with Gasteiger partial charge < -0.3 is 9.32 Å². The van der Waals surface area contributed by atoms with E-state index < -0.39 is 0 Å². The lowest BCUT2D eigenvalue weighted by Gasteiger charge is -2.28. The summed E-state index contributed by atoms with van der Waals surface area (Å²) in [5.74, 6) is 0. The summed E-state index contributed by atoms with van der Waals surface area (Å²) < 4.78 is 9.29. The summed E-state index contributed by atoms with van der Waals surface area (Å²) in [6.07, 6.45) is 0. The summed E-state index contributed by atoms with van der Waals surface area (Å²) in [6, 6.07) is 52.7. The number of fused-ring (bicyclic) bond motifs is 8. The van der Waals surface area contributed by atoms with Crippen molar-refractivity contribution in [2.45, 2.75) is 26.2 Å². The Bertz CT molecular complexity index is 2600. The fourth-order valence-electron chi connectivity index (χ4n) is 7.22. The molecule has 0 spiro atoms. The summed E-state index contributed by atoms with van der Waals surface area (Å²) >= 11 is 1.86. The Morgan fingerprint density at radius 2 is 1.17 bits per heavy atom. The van der Waals surface area contributed by atoms with Crippen LogP contribution in [0.5, 0.6) is 0 Å². The third-order valence-electron chi connectivity index (χ3n) is 9.38. The van der Waals surface area contributed by atoms with Gasteiger partial charge in [0.2, 0.25) is 0 Å². The maximum atomic E-state index is 6.71. The molecule has 2 nitrogen and oxygen atoms in total. The standard InChI is InChI=1S/C44H33NOS/c1-44(2,3)35-18-11-20-38-41(35)34-27-37(31-15-7-8-16-32(31)43(34)46-38)45(30-25-23-29(24-26-30)28-13-5-4-6-14-28)36-19-12-22-40-42(36)33-17-9-10-21-39(33)47-40/h4-27H,1-3H3. The lowest BCUT2D eigenvalue weighted by Crippen LogP contribution is -2.12. The molecule has 0 aliphatic rings. The molecule has 0 radical (unpaired) electrons. The van der Waals surface area contributed by atoms with Crippen LogP contribution < -0.4 is 4.90 Å². The largest absolute Gasteiger partial charge is 0.455 e. The van der Waals surface area contributed by atoms with Crippen LogP contribution in [0.1, 0.15) is 26.3 Å². The quantitative estimate of drug-likeness (QED) is 0.194. The smallest absolute Gasteiger partial charge is 0.143 e. The van der Waals surface area contributed by atoms with E-state index in [1.807, 2.05) is 11.3 Å². The maximum Gasteiger partial charge on any atom is 0.143 e. The topological polar surface area (TPSA) is 16.4 Å². The molecule has 0 saturated carbocycles. The van der Waals surface area contributed by atoms with Gasteiger partial charge in [0, 0.05) is 47.4 Å². The van der Waals surface area contributed by atoms with Gasteiger partial charge in [-0.1, -0.05) is 124 Å². The zero-order valence-corrected chi connectivity index (χ0v) is 27.4. The van der Waals surface area contributed by atoms with E-state index >= 15 is 0 Å². The van der Waals surface area contributed by atoms with E-state index in [4.69, 9.17) is 4.42 Å². The summed E-state index contributed by atoms with van der Waals surface area (Å²) in [5.41, 5.74) is 8.94. The molecule has 0 saturated heterocycles. The second-order valence-corrected chi connectivity index (χ2v) is 14.4. The SMILES string of the molecule is CC(C)(C)c1cccc2oc3c4ccccc4c(N(c4ccc(-c5ccccc5)cc4)c4cccc5sc6ccccc6c45)cc3c12. The van der Waals surface area contributed by atoms with E-state index in [0.29, 0.717) is 0 Å². The van der Waals surface area contributed by atoms with E-state index in [0.717, 1.165) is 38.7 Å². The van der Waals surface area contributed by atoms with Crippen LogP contribution >= 0.6 is 11.3 Å². The number of furan rings is 1. The predicted octanol–water partition coefficient (Wildman–Crippen LogP) is 13.5. The first kappa shape index (κ1) is 27.9. The van der Waals surface area contributed by atoms with Gasteiger partial charge in [-0.25, -0.2) is 0 Å². The van der Waals surface area contributed by atoms with E-state index in [1.165, 1.54) is 47.9 Å². The van der Waals surface area contributed by atoms with Crippen LogP contribution in [0.15, 0.2) is 150 Å². The number of nitrogens with zero attached hydrogens (tertiary/aromatic N) is 1. The van der Waals surface area contributed by atoms with Crippen LogP contribution in [0.4, 0.5) is 17.1 Å². The number of rotatable bonds is 4. The van der Waals surface area contributed by atoms with Crippen LogP contribution in [0.25, 0.3) is 64.0 Å². The fraction of sp³-hybridized carbons (Fsp3) is 0.0909. The first-order valence-corrected chi connectivity index (χ1v) is 17.0. The van der Waals surface area contributed by atoms with Gasteiger partial charge >= 0.3 is 0 Å². The van der Waals surface area contributed by atoms with Gasteiger partial charge in [0.15, 0.2) is 0 Å². The number of hydrogen-bond acceptors (Lipinski definition) is 3. The van der Waals surface area contributed by atoms with Gasteiger partial charge in [-0.2, -0.15) is 0 Å². The maximum absolute atomic E-state index is 6.71. The Morgan fingerprint density at radius 3 is 1.96 bits per heavy atom. The molecule has 0 aliphatic carbocycles. The van der Waals surface area contributed by atoms with Crippen molar-refractivity contribution in [3.05, 3.63) is 151 Å². The van der Waals surface area contributed by atoms with Crippen molar-refractivity contribution in [2.24, 2.45) is 0 Å². The van der Waals surface area contributed by atoms with E-state index in [-0.39, 0.29) is 5.41 Å². The number of anilines is 3. The molecule has 0 unspecified atom stereocenters. The lowest BCUT2D eigenvalue weighted by molar-refractivity contribution is 0.594. The summed E-state index contributed by atoms with van der Waals surface area (Å²) in [4.78, 5) is 2.47. The van der Waals surface area contributed by atoms with E-state index in [1.54, 1.807) is 0 Å². The molecular weight excluding hydrogens is 591 g/mol. The van der Waals surface area contributed by atoms with Gasteiger partial charge in [-0.3, -0.25) is 0 Å². The van der Waals surface area contributed by atoms with E-state index in [9.17, 15) is 0 Å². The second-order valence-electron chi connectivity index (χ2n) is 13.3. The minimum Gasteiger partial charge on any atom is -0.455 e. The molecule has 47 heavy (non-hydrogen) atoms. The monoisotopic (exact) mass is 623 g/mol. The third-order valence-corrected chi connectivity index (χ3v) is 10.5. The van der Waals surface area contributed by atoms with Crippen molar-refractivity contribution in [1.29, 1.82) is 0 Å². The molecule has 0 amide bonds. The Morgan fingerprint density at radius 1 is 0.511 bits per heavy atom. The molecule has 0 fully saturated rings. The average Bonchev–Trinajstić information content (AvgIpc) is 3.68. The van der Waals surface area contributed by atoms with Gasteiger partial charge in [0.05, 0.1) is 11.4 Å². The zero-order chi connectivity index (χ0) is 31.7. The first-order chi connectivity index (χ1) is 23.0. The van der Waals surface area contributed by atoms with Gasteiger partial charge in [0.1, 0.15) is 11.2 Å². The molecule has 0 N–H and O–H groups in total. The Hall–Kier alpha value is -5.38. The summed E-state index contributed by atoms with van der Waals surface area (Å²) in [5, 5.41) is 7.16. The Balaban J connectivity index is 1.40. The normalized spacial score (nSPS) is 12.1. The molecule has 0 atom stereocenters. The molecular formula is C44H33NOS. The van der Waals surface area contributed by atoms with Gasteiger partial charge in [0.25, 0.3) is 0 Å². The number of hydrogen-bond donors (Lipinski definition) is 0. The van der Waals surface area contributed by atoms with Crippen LogP contribution in [0.3, 0.4) is 0 Å².